The van der Waals surface area contributed by atoms with E-state index < -0.39 is 0 Å². The van der Waals surface area contributed by atoms with Gasteiger partial charge in [0.05, 0.1) is 28.2 Å². The van der Waals surface area contributed by atoms with Gasteiger partial charge in [0.1, 0.15) is 16.2 Å². The second kappa shape index (κ2) is 7.29. The lowest BCUT2D eigenvalue weighted by atomic mass is 10.3. The molecule has 0 aliphatic heterocycles. The van der Waals surface area contributed by atoms with Gasteiger partial charge in [0.25, 0.3) is 0 Å². The third-order valence-corrected chi connectivity index (χ3v) is 5.74. The molecule has 0 fully saturated rings. The Morgan fingerprint density at radius 2 is 2.30 bits per heavy atom. The summed E-state index contributed by atoms with van der Waals surface area (Å²) in [6, 6.07) is 0. The van der Waals surface area contributed by atoms with Crippen LogP contribution in [-0.4, -0.2) is 38.1 Å². The molecule has 0 unspecified atom stereocenters. The zero-order valence-electron chi connectivity index (χ0n) is 12.3. The van der Waals surface area contributed by atoms with Crippen molar-refractivity contribution in [3.8, 4) is 0 Å². The number of rotatable bonds is 6. The number of H-pyrrole nitrogens is 1. The molecule has 0 aliphatic carbocycles. The average Bonchev–Trinajstić information content (AvgIpc) is 3.15. The summed E-state index contributed by atoms with van der Waals surface area (Å²) in [5.41, 5.74) is 0.927. The van der Waals surface area contributed by atoms with E-state index in [9.17, 15) is 4.79 Å². The van der Waals surface area contributed by atoms with Crippen molar-refractivity contribution in [3.63, 3.8) is 0 Å². The van der Waals surface area contributed by atoms with Gasteiger partial charge in [-0.05, 0) is 6.92 Å². The first-order valence-electron chi connectivity index (χ1n) is 6.92. The Morgan fingerprint density at radius 3 is 3.09 bits per heavy atom. The molecule has 6 nitrogen and oxygen atoms in total. The van der Waals surface area contributed by atoms with Crippen molar-refractivity contribution in [2.24, 2.45) is 0 Å². The molecule has 0 spiro atoms. The molecule has 1 amide bonds. The van der Waals surface area contributed by atoms with E-state index in [2.05, 4.69) is 25.3 Å². The lowest BCUT2D eigenvalue weighted by molar-refractivity contribution is -0.118. The molecule has 3 aromatic rings. The highest BCUT2D eigenvalue weighted by atomic mass is 35.5. The summed E-state index contributed by atoms with van der Waals surface area (Å²) in [4.78, 5) is 29.3. The van der Waals surface area contributed by atoms with Gasteiger partial charge >= 0.3 is 0 Å². The number of thioether (sulfide) groups is 1. The molecule has 0 radical (unpaired) electrons. The van der Waals surface area contributed by atoms with Gasteiger partial charge in [-0.25, -0.2) is 15.0 Å². The van der Waals surface area contributed by atoms with E-state index in [1.54, 1.807) is 6.33 Å². The van der Waals surface area contributed by atoms with E-state index >= 15 is 0 Å². The number of thiophene rings is 1. The molecule has 0 atom stereocenters. The maximum absolute atomic E-state index is 11.9. The van der Waals surface area contributed by atoms with E-state index in [0.717, 1.165) is 25.8 Å². The molecule has 0 saturated carbocycles. The van der Waals surface area contributed by atoms with Gasteiger partial charge in [-0.15, -0.1) is 11.3 Å². The molecule has 3 rings (SSSR count). The van der Waals surface area contributed by atoms with Crippen molar-refractivity contribution in [2.45, 2.75) is 18.4 Å². The Kier molecular flexibility index (Phi) is 5.14. The van der Waals surface area contributed by atoms with Crippen molar-refractivity contribution in [1.29, 1.82) is 0 Å². The zero-order chi connectivity index (χ0) is 16.2. The van der Waals surface area contributed by atoms with Crippen LogP contribution in [0.3, 0.4) is 0 Å². The van der Waals surface area contributed by atoms with Gasteiger partial charge in [-0.1, -0.05) is 23.4 Å². The number of nitrogens with one attached hydrogen (secondary N) is 2. The Hall–Kier alpha value is -1.64. The topological polar surface area (TPSA) is 83.6 Å². The zero-order valence-corrected chi connectivity index (χ0v) is 14.7. The van der Waals surface area contributed by atoms with Crippen LogP contribution in [0, 0.1) is 6.92 Å². The van der Waals surface area contributed by atoms with Gasteiger partial charge in [-0.2, -0.15) is 0 Å². The van der Waals surface area contributed by atoms with Crippen molar-refractivity contribution >= 4 is 50.8 Å². The molecule has 120 valence electrons. The van der Waals surface area contributed by atoms with Crippen LogP contribution in [0.25, 0.3) is 10.2 Å². The predicted octanol–water partition coefficient (Wildman–Crippen LogP) is 2.83. The Bertz CT molecular complexity index is 818. The average molecular weight is 368 g/mol. The first-order valence-corrected chi connectivity index (χ1v) is 9.10. The highest BCUT2D eigenvalue weighted by molar-refractivity contribution is 8.00. The number of nitrogens with zero attached hydrogens (tertiary/aromatic N) is 3. The maximum Gasteiger partial charge on any atom is 0.230 e. The van der Waals surface area contributed by atoms with Crippen LogP contribution < -0.4 is 5.32 Å². The third kappa shape index (κ3) is 3.82. The smallest absolute Gasteiger partial charge is 0.230 e. The van der Waals surface area contributed by atoms with Crippen molar-refractivity contribution < 1.29 is 4.79 Å². The Labute approximate surface area is 146 Å². The monoisotopic (exact) mass is 367 g/mol. The SMILES string of the molecule is Cc1sc2ncnc(SCC(=O)NCCc3c[nH]cn3)c2c1Cl. The van der Waals surface area contributed by atoms with Crippen LogP contribution in [-0.2, 0) is 11.2 Å². The summed E-state index contributed by atoms with van der Waals surface area (Å²) >= 11 is 9.21. The minimum atomic E-state index is -0.0413. The number of halogens is 1. The Balaban J connectivity index is 1.56. The summed E-state index contributed by atoms with van der Waals surface area (Å²) in [7, 11) is 0. The van der Waals surface area contributed by atoms with Crippen LogP contribution in [0.1, 0.15) is 10.6 Å². The number of carbonyl (C=O) groups is 1. The second-order valence-electron chi connectivity index (χ2n) is 4.78. The molecular formula is C14H14ClN5OS2. The number of fused-ring (bicyclic) bond motifs is 1. The molecule has 0 saturated heterocycles. The normalized spacial score (nSPS) is 11.0. The summed E-state index contributed by atoms with van der Waals surface area (Å²) in [6.07, 6.45) is 5.65. The molecule has 0 aromatic carbocycles. The standard InChI is InChI=1S/C14H14ClN5OS2/c1-8-12(15)11-13(19-7-20-14(11)23-8)22-5-10(21)17-3-2-9-4-16-6-18-9/h4,6-7H,2-3,5H2,1H3,(H,16,18)(H,17,21). The fourth-order valence-corrected chi connectivity index (χ4v) is 4.23. The van der Waals surface area contributed by atoms with E-state index in [4.69, 9.17) is 11.6 Å². The van der Waals surface area contributed by atoms with Crippen LogP contribution >= 0.6 is 34.7 Å². The number of amides is 1. The minimum Gasteiger partial charge on any atom is -0.355 e. The molecule has 23 heavy (non-hydrogen) atoms. The first-order chi connectivity index (χ1) is 11.1. The Morgan fingerprint density at radius 1 is 1.43 bits per heavy atom. The molecule has 3 aromatic heterocycles. The van der Waals surface area contributed by atoms with E-state index in [1.807, 2.05) is 13.1 Å². The van der Waals surface area contributed by atoms with Gasteiger partial charge in [0.2, 0.25) is 5.91 Å². The number of aryl methyl sites for hydroxylation is 1. The van der Waals surface area contributed by atoms with E-state index in [1.165, 1.54) is 29.4 Å². The summed E-state index contributed by atoms with van der Waals surface area (Å²) < 4.78 is 0. The van der Waals surface area contributed by atoms with Crippen LogP contribution in [0.2, 0.25) is 5.02 Å². The first kappa shape index (κ1) is 16.2. The molecule has 9 heteroatoms. The van der Waals surface area contributed by atoms with Crippen molar-refractivity contribution in [1.82, 2.24) is 25.3 Å². The minimum absolute atomic E-state index is 0.0413. The number of imidazole rings is 1. The number of carbonyl (C=O) groups excluding carboxylic acids is 1. The van der Waals surface area contributed by atoms with Crippen LogP contribution in [0.4, 0.5) is 0 Å². The maximum atomic E-state index is 11.9. The number of aromatic nitrogens is 4. The molecular weight excluding hydrogens is 354 g/mol. The summed E-state index contributed by atoms with van der Waals surface area (Å²) in [5.74, 6) is 0.248. The van der Waals surface area contributed by atoms with Crippen LogP contribution in [0.15, 0.2) is 23.9 Å². The van der Waals surface area contributed by atoms with Gasteiger partial charge in [-0.3, -0.25) is 4.79 Å². The van der Waals surface area contributed by atoms with Crippen molar-refractivity contribution in [3.05, 3.63) is 34.4 Å². The predicted molar refractivity (Wildman–Crippen MR) is 93.2 cm³/mol. The van der Waals surface area contributed by atoms with Crippen LogP contribution in [0.5, 0.6) is 0 Å². The third-order valence-electron chi connectivity index (χ3n) is 3.15. The van der Waals surface area contributed by atoms with Gasteiger partial charge < -0.3 is 10.3 Å². The largest absolute Gasteiger partial charge is 0.355 e. The fourth-order valence-electron chi connectivity index (χ4n) is 2.04. The van der Waals surface area contributed by atoms with E-state index in [0.29, 0.717) is 18.0 Å². The van der Waals surface area contributed by atoms with Gasteiger partial charge in [0.15, 0.2) is 0 Å². The number of aromatic amines is 1. The molecule has 3 heterocycles. The van der Waals surface area contributed by atoms with Gasteiger partial charge in [0, 0.05) is 24.0 Å². The quantitative estimate of drug-likeness (QED) is 0.517. The number of hydrogen-bond donors (Lipinski definition) is 2. The molecule has 2 N–H and O–H groups in total. The highest BCUT2D eigenvalue weighted by Crippen LogP contribution is 2.37. The summed E-state index contributed by atoms with van der Waals surface area (Å²) in [5, 5.41) is 5.13. The fraction of sp³-hybridized carbons (Fsp3) is 0.286. The lowest BCUT2D eigenvalue weighted by Gasteiger charge is -2.04. The van der Waals surface area contributed by atoms with E-state index in [-0.39, 0.29) is 11.7 Å². The second-order valence-corrected chi connectivity index (χ2v) is 7.33. The summed E-state index contributed by atoms with van der Waals surface area (Å²) in [6.45, 7) is 2.51. The highest BCUT2D eigenvalue weighted by Gasteiger charge is 2.14. The molecule has 0 aliphatic rings. The number of hydrogen-bond acceptors (Lipinski definition) is 6. The lowest BCUT2D eigenvalue weighted by Crippen LogP contribution is -2.27. The molecule has 0 bridgehead atoms. The van der Waals surface area contributed by atoms with Crippen molar-refractivity contribution in [2.75, 3.05) is 12.3 Å².